The zero-order valence-corrected chi connectivity index (χ0v) is 11.8. The lowest BCUT2D eigenvalue weighted by molar-refractivity contribution is -0.153. The highest BCUT2D eigenvalue weighted by Gasteiger charge is 2.27. The molecule has 1 aliphatic rings. The quantitative estimate of drug-likeness (QED) is 0.752. The van der Waals surface area contributed by atoms with Gasteiger partial charge in [0.2, 0.25) is 0 Å². The Hall–Kier alpha value is -2.37. The van der Waals surface area contributed by atoms with Crippen LogP contribution in [-0.2, 0) is 14.3 Å². The van der Waals surface area contributed by atoms with Gasteiger partial charge in [-0.25, -0.2) is 0 Å². The van der Waals surface area contributed by atoms with Crippen molar-refractivity contribution in [3.8, 4) is 0 Å². The third-order valence-electron chi connectivity index (χ3n) is 3.03. The third-order valence-corrected chi connectivity index (χ3v) is 3.03. The SMILES string of the molecule is C[C@H](OC(=O)CNC(=O)c1ccccc1)C(=O)NC1CC1. The van der Waals surface area contributed by atoms with E-state index in [1.807, 2.05) is 0 Å². The molecule has 1 aliphatic carbocycles. The predicted molar refractivity (Wildman–Crippen MR) is 75.5 cm³/mol. The van der Waals surface area contributed by atoms with Gasteiger partial charge in [0.25, 0.3) is 11.8 Å². The first-order valence-electron chi connectivity index (χ1n) is 6.89. The van der Waals surface area contributed by atoms with Crippen LogP contribution in [-0.4, -0.2) is 36.5 Å². The number of benzene rings is 1. The van der Waals surface area contributed by atoms with Crippen LogP contribution in [0.4, 0.5) is 0 Å². The highest BCUT2D eigenvalue weighted by atomic mass is 16.5. The van der Waals surface area contributed by atoms with Crippen molar-refractivity contribution in [2.75, 3.05) is 6.54 Å². The van der Waals surface area contributed by atoms with E-state index < -0.39 is 12.1 Å². The van der Waals surface area contributed by atoms with E-state index >= 15 is 0 Å². The number of hydrogen-bond donors (Lipinski definition) is 2. The fraction of sp³-hybridized carbons (Fsp3) is 0.400. The summed E-state index contributed by atoms with van der Waals surface area (Å²) in [5.74, 6) is -1.31. The minimum Gasteiger partial charge on any atom is -0.451 e. The number of ether oxygens (including phenoxy) is 1. The van der Waals surface area contributed by atoms with E-state index in [4.69, 9.17) is 4.74 Å². The topological polar surface area (TPSA) is 84.5 Å². The lowest BCUT2D eigenvalue weighted by atomic mass is 10.2. The summed E-state index contributed by atoms with van der Waals surface area (Å²) in [5.41, 5.74) is 0.463. The number of hydrogen-bond acceptors (Lipinski definition) is 4. The highest BCUT2D eigenvalue weighted by Crippen LogP contribution is 2.18. The van der Waals surface area contributed by atoms with E-state index in [-0.39, 0.29) is 24.4 Å². The van der Waals surface area contributed by atoms with Gasteiger partial charge in [0, 0.05) is 11.6 Å². The number of nitrogens with one attached hydrogen (secondary N) is 2. The Kier molecular flexibility index (Phi) is 4.92. The zero-order chi connectivity index (χ0) is 15.2. The fourth-order valence-corrected chi connectivity index (χ4v) is 1.68. The Labute approximate surface area is 122 Å². The molecule has 2 N–H and O–H groups in total. The third kappa shape index (κ3) is 4.91. The van der Waals surface area contributed by atoms with E-state index in [1.165, 1.54) is 6.92 Å². The lowest BCUT2D eigenvalue weighted by Crippen LogP contribution is -2.39. The molecule has 1 saturated carbocycles. The summed E-state index contributed by atoms with van der Waals surface area (Å²) in [6.07, 6.45) is 1.09. The minimum atomic E-state index is -0.855. The van der Waals surface area contributed by atoms with Crippen molar-refractivity contribution in [3.63, 3.8) is 0 Å². The van der Waals surface area contributed by atoms with Crippen molar-refractivity contribution in [3.05, 3.63) is 35.9 Å². The standard InChI is InChI=1S/C15H18N2O4/c1-10(14(19)17-12-7-8-12)21-13(18)9-16-15(20)11-5-3-2-4-6-11/h2-6,10,12H,7-9H2,1H3,(H,16,20)(H,17,19)/t10-/m0/s1. The summed E-state index contributed by atoms with van der Waals surface area (Å²) in [4.78, 5) is 34.9. The van der Waals surface area contributed by atoms with Gasteiger partial charge in [0.1, 0.15) is 6.54 Å². The molecule has 0 spiro atoms. The molecule has 1 aromatic rings. The Morgan fingerprint density at radius 3 is 2.52 bits per heavy atom. The first kappa shape index (κ1) is 15.0. The van der Waals surface area contributed by atoms with Crippen LogP contribution in [0.2, 0.25) is 0 Å². The second-order valence-electron chi connectivity index (χ2n) is 4.96. The van der Waals surface area contributed by atoms with Crippen molar-refractivity contribution in [1.29, 1.82) is 0 Å². The Morgan fingerprint density at radius 2 is 1.90 bits per heavy atom. The molecule has 0 bridgehead atoms. The van der Waals surface area contributed by atoms with Crippen LogP contribution in [0.15, 0.2) is 30.3 Å². The van der Waals surface area contributed by atoms with Gasteiger partial charge in [-0.3, -0.25) is 14.4 Å². The Morgan fingerprint density at radius 1 is 1.24 bits per heavy atom. The van der Waals surface area contributed by atoms with E-state index in [0.717, 1.165) is 12.8 Å². The average Bonchev–Trinajstić information content (AvgIpc) is 3.29. The van der Waals surface area contributed by atoms with Gasteiger partial charge in [-0.2, -0.15) is 0 Å². The maximum absolute atomic E-state index is 11.7. The zero-order valence-electron chi connectivity index (χ0n) is 11.8. The molecule has 21 heavy (non-hydrogen) atoms. The number of esters is 1. The van der Waals surface area contributed by atoms with Crippen LogP contribution >= 0.6 is 0 Å². The molecule has 0 aromatic heterocycles. The summed E-state index contributed by atoms with van der Waals surface area (Å²) in [6.45, 7) is 1.24. The van der Waals surface area contributed by atoms with E-state index in [9.17, 15) is 14.4 Å². The Balaban J connectivity index is 1.71. The van der Waals surface area contributed by atoms with Crippen molar-refractivity contribution < 1.29 is 19.1 Å². The first-order valence-corrected chi connectivity index (χ1v) is 6.89. The monoisotopic (exact) mass is 290 g/mol. The Bertz CT molecular complexity index is 526. The van der Waals surface area contributed by atoms with Gasteiger partial charge in [0.15, 0.2) is 6.10 Å². The summed E-state index contributed by atoms with van der Waals surface area (Å²) in [6, 6.07) is 8.77. The molecule has 0 unspecified atom stereocenters. The lowest BCUT2D eigenvalue weighted by Gasteiger charge is -2.13. The van der Waals surface area contributed by atoms with E-state index in [0.29, 0.717) is 5.56 Å². The largest absolute Gasteiger partial charge is 0.451 e. The molecule has 0 radical (unpaired) electrons. The summed E-state index contributed by atoms with van der Waals surface area (Å²) in [5, 5.41) is 5.20. The highest BCUT2D eigenvalue weighted by molar-refractivity contribution is 5.96. The molecule has 1 atom stereocenters. The molecule has 1 fully saturated rings. The molecule has 112 valence electrons. The summed E-state index contributed by atoms with van der Waals surface area (Å²) >= 11 is 0. The second kappa shape index (κ2) is 6.88. The molecule has 0 saturated heterocycles. The molecule has 2 rings (SSSR count). The normalized spacial score (nSPS) is 14.9. The van der Waals surface area contributed by atoms with Gasteiger partial charge >= 0.3 is 5.97 Å². The van der Waals surface area contributed by atoms with Crippen LogP contribution in [0.3, 0.4) is 0 Å². The number of carbonyl (C=O) groups excluding carboxylic acids is 3. The number of amides is 2. The molecule has 6 heteroatoms. The molecule has 6 nitrogen and oxygen atoms in total. The number of rotatable bonds is 6. The molecule has 0 aliphatic heterocycles. The van der Waals surface area contributed by atoms with Gasteiger partial charge in [0.05, 0.1) is 0 Å². The maximum atomic E-state index is 11.7. The molecular weight excluding hydrogens is 272 g/mol. The van der Waals surface area contributed by atoms with Gasteiger partial charge in [-0.1, -0.05) is 18.2 Å². The van der Waals surface area contributed by atoms with E-state index in [1.54, 1.807) is 30.3 Å². The fourth-order valence-electron chi connectivity index (χ4n) is 1.68. The van der Waals surface area contributed by atoms with E-state index in [2.05, 4.69) is 10.6 Å². The summed E-state index contributed by atoms with van der Waals surface area (Å²) < 4.78 is 4.96. The maximum Gasteiger partial charge on any atom is 0.326 e. The summed E-state index contributed by atoms with van der Waals surface area (Å²) in [7, 11) is 0. The molecule has 2 amide bonds. The van der Waals surface area contributed by atoms with Gasteiger partial charge < -0.3 is 15.4 Å². The first-order chi connectivity index (χ1) is 10.1. The van der Waals surface area contributed by atoms with Crippen molar-refractivity contribution in [2.45, 2.75) is 31.9 Å². The smallest absolute Gasteiger partial charge is 0.326 e. The molecule has 0 heterocycles. The van der Waals surface area contributed by atoms with Crippen LogP contribution in [0.1, 0.15) is 30.1 Å². The minimum absolute atomic E-state index is 0.219. The van der Waals surface area contributed by atoms with Gasteiger partial charge in [-0.15, -0.1) is 0 Å². The molecular formula is C15H18N2O4. The predicted octanol–water partition coefficient (Wildman–Crippen LogP) is 0.627. The molecule has 1 aromatic carbocycles. The van der Waals surface area contributed by atoms with Crippen LogP contribution < -0.4 is 10.6 Å². The number of carbonyl (C=O) groups is 3. The van der Waals surface area contributed by atoms with Crippen LogP contribution in [0.5, 0.6) is 0 Å². The van der Waals surface area contributed by atoms with Gasteiger partial charge in [-0.05, 0) is 31.9 Å². The second-order valence-corrected chi connectivity index (χ2v) is 4.96. The van der Waals surface area contributed by atoms with Crippen molar-refractivity contribution >= 4 is 17.8 Å². The average molecular weight is 290 g/mol. The van der Waals surface area contributed by atoms with Crippen molar-refractivity contribution in [2.24, 2.45) is 0 Å². The van der Waals surface area contributed by atoms with Crippen molar-refractivity contribution in [1.82, 2.24) is 10.6 Å². The van der Waals surface area contributed by atoms with Crippen LogP contribution in [0, 0.1) is 0 Å². The van der Waals surface area contributed by atoms with Crippen LogP contribution in [0.25, 0.3) is 0 Å².